The van der Waals surface area contributed by atoms with Crippen molar-refractivity contribution in [2.45, 2.75) is 25.0 Å². The van der Waals surface area contributed by atoms with Crippen molar-refractivity contribution in [3.8, 4) is 11.5 Å². The van der Waals surface area contributed by atoms with Crippen LogP contribution in [0.25, 0.3) is 0 Å². The van der Waals surface area contributed by atoms with Gasteiger partial charge in [0.05, 0.1) is 26.9 Å². The first-order valence-corrected chi connectivity index (χ1v) is 7.72. The highest BCUT2D eigenvalue weighted by Crippen LogP contribution is 2.25. The summed E-state index contributed by atoms with van der Waals surface area (Å²) in [6.07, 6.45) is 0.745. The Morgan fingerprint density at radius 2 is 1.84 bits per heavy atom. The molecule has 140 valence electrons. The second-order valence-electron chi connectivity index (χ2n) is 5.43. The Morgan fingerprint density at radius 1 is 1.20 bits per heavy atom. The van der Waals surface area contributed by atoms with Gasteiger partial charge in [0.2, 0.25) is 11.8 Å². The molecule has 0 bridgehead atoms. The summed E-state index contributed by atoms with van der Waals surface area (Å²) in [6.45, 7) is 0.244. The summed E-state index contributed by atoms with van der Waals surface area (Å²) in [7, 11) is 3.05. The molecule has 1 aliphatic rings. The number of nitrogens with two attached hydrogens (primary N) is 1. The molecular weight excluding hydrogens is 350 g/mol. The molecule has 1 aromatic carbocycles. The molecule has 9 heteroatoms. The van der Waals surface area contributed by atoms with Crippen LogP contribution in [0.5, 0.6) is 11.5 Å². The van der Waals surface area contributed by atoms with E-state index in [0.717, 1.165) is 6.42 Å². The maximum Gasteiger partial charge on any atom is 0.249 e. The molecule has 1 saturated heterocycles. The average Bonchev–Trinajstić information content (AvgIpc) is 3.08. The highest BCUT2D eigenvalue weighted by molar-refractivity contribution is 5.95. The maximum absolute atomic E-state index is 12.0. The van der Waals surface area contributed by atoms with Crippen molar-refractivity contribution in [3.05, 3.63) is 18.2 Å². The van der Waals surface area contributed by atoms with E-state index in [1.807, 2.05) is 0 Å². The molecule has 4 N–H and O–H groups in total. The zero-order chi connectivity index (χ0) is 17.5. The lowest BCUT2D eigenvalue weighted by Gasteiger charge is -2.13. The summed E-state index contributed by atoms with van der Waals surface area (Å²) < 4.78 is 15.8. The third-order valence-electron chi connectivity index (χ3n) is 3.72. The Balaban J connectivity index is 0.00000312. The van der Waals surface area contributed by atoms with Crippen LogP contribution in [-0.2, 0) is 14.3 Å². The molecule has 1 heterocycles. The first-order chi connectivity index (χ1) is 11.5. The topological polar surface area (TPSA) is 112 Å². The lowest BCUT2D eigenvalue weighted by molar-refractivity contribution is -0.133. The van der Waals surface area contributed by atoms with E-state index in [2.05, 4.69) is 10.6 Å². The van der Waals surface area contributed by atoms with E-state index in [9.17, 15) is 9.59 Å². The summed E-state index contributed by atoms with van der Waals surface area (Å²) in [5.41, 5.74) is 6.03. The number of benzene rings is 1. The van der Waals surface area contributed by atoms with Crippen LogP contribution < -0.4 is 25.8 Å². The number of rotatable bonds is 7. The molecule has 0 saturated carbocycles. The summed E-state index contributed by atoms with van der Waals surface area (Å²) in [6, 6.07) is 5.02. The van der Waals surface area contributed by atoms with Crippen molar-refractivity contribution in [3.63, 3.8) is 0 Å². The molecule has 2 rings (SSSR count). The van der Waals surface area contributed by atoms with E-state index in [1.54, 1.807) is 18.2 Å². The number of hydrogen-bond acceptors (Lipinski definition) is 6. The van der Waals surface area contributed by atoms with Crippen molar-refractivity contribution in [1.82, 2.24) is 5.32 Å². The number of carbonyl (C=O) groups is 2. The first kappa shape index (κ1) is 21.0. The quantitative estimate of drug-likeness (QED) is 0.648. The minimum Gasteiger partial charge on any atom is -0.497 e. The molecule has 1 aromatic rings. The lowest BCUT2D eigenvalue weighted by Crippen LogP contribution is -2.39. The number of hydrogen-bond donors (Lipinski definition) is 3. The second-order valence-corrected chi connectivity index (χ2v) is 5.43. The lowest BCUT2D eigenvalue weighted by atomic mass is 10.2. The van der Waals surface area contributed by atoms with Crippen LogP contribution in [0.4, 0.5) is 5.69 Å². The summed E-state index contributed by atoms with van der Waals surface area (Å²) in [5.74, 6) is 0.457. The molecule has 0 unspecified atom stereocenters. The van der Waals surface area contributed by atoms with Crippen molar-refractivity contribution in [2.24, 2.45) is 5.73 Å². The van der Waals surface area contributed by atoms with Crippen molar-refractivity contribution < 1.29 is 23.8 Å². The van der Waals surface area contributed by atoms with Gasteiger partial charge in [-0.15, -0.1) is 12.4 Å². The van der Waals surface area contributed by atoms with E-state index in [1.165, 1.54) is 14.2 Å². The van der Waals surface area contributed by atoms with Gasteiger partial charge in [-0.1, -0.05) is 0 Å². The Bertz CT molecular complexity index is 577. The zero-order valence-electron chi connectivity index (χ0n) is 14.2. The molecule has 2 amide bonds. The monoisotopic (exact) mass is 373 g/mol. The van der Waals surface area contributed by atoms with Crippen LogP contribution in [0.3, 0.4) is 0 Å². The van der Waals surface area contributed by atoms with Gasteiger partial charge < -0.3 is 30.6 Å². The highest BCUT2D eigenvalue weighted by atomic mass is 35.5. The molecule has 1 aliphatic heterocycles. The standard InChI is InChI=1S/C16H23N3O5.ClH/c1-22-12-5-10(6-13(7-12)23-2)19-15(20)9-18-16(21)14-4-3-11(8-17)24-14;/h5-7,11,14H,3-4,8-9,17H2,1-2H3,(H,18,21)(H,19,20);1H/t11-,14+;/m1./s1. The predicted octanol–water partition coefficient (Wildman–Crippen LogP) is 0.687. The van der Waals surface area contributed by atoms with Gasteiger partial charge in [0.15, 0.2) is 0 Å². The van der Waals surface area contributed by atoms with Gasteiger partial charge in [-0.05, 0) is 12.8 Å². The third-order valence-corrected chi connectivity index (χ3v) is 3.72. The number of halogens is 1. The minimum atomic E-state index is -0.539. The van der Waals surface area contributed by atoms with Gasteiger partial charge in [0.25, 0.3) is 0 Å². The largest absolute Gasteiger partial charge is 0.497 e. The first-order valence-electron chi connectivity index (χ1n) is 7.72. The average molecular weight is 374 g/mol. The fourth-order valence-electron chi connectivity index (χ4n) is 2.44. The molecule has 1 fully saturated rings. The number of carbonyl (C=O) groups excluding carboxylic acids is 2. The van der Waals surface area contributed by atoms with Crippen LogP contribution in [-0.4, -0.2) is 51.3 Å². The molecule has 2 atom stereocenters. The highest BCUT2D eigenvalue weighted by Gasteiger charge is 2.29. The van der Waals surface area contributed by atoms with Gasteiger partial charge in [-0.2, -0.15) is 0 Å². The Labute approximate surface area is 152 Å². The SMILES string of the molecule is COc1cc(NC(=O)CNC(=O)[C@@H]2CC[C@H](CN)O2)cc(OC)c1.Cl. The molecule has 0 spiro atoms. The molecule has 25 heavy (non-hydrogen) atoms. The van der Waals surface area contributed by atoms with E-state index in [4.69, 9.17) is 19.9 Å². The minimum absolute atomic E-state index is 0. The second kappa shape index (κ2) is 10.1. The number of ether oxygens (including phenoxy) is 3. The maximum atomic E-state index is 12.0. The Morgan fingerprint density at radius 3 is 2.36 bits per heavy atom. The van der Waals surface area contributed by atoms with Crippen molar-refractivity contribution in [2.75, 3.05) is 32.6 Å². The fourth-order valence-corrected chi connectivity index (χ4v) is 2.44. The zero-order valence-corrected chi connectivity index (χ0v) is 15.1. The van der Waals surface area contributed by atoms with Gasteiger partial charge >= 0.3 is 0 Å². The number of amides is 2. The van der Waals surface area contributed by atoms with E-state index >= 15 is 0 Å². The summed E-state index contributed by atoms with van der Waals surface area (Å²) >= 11 is 0. The van der Waals surface area contributed by atoms with Gasteiger partial charge in [0.1, 0.15) is 17.6 Å². The number of nitrogens with one attached hydrogen (secondary N) is 2. The smallest absolute Gasteiger partial charge is 0.249 e. The van der Waals surface area contributed by atoms with Crippen molar-refractivity contribution >= 4 is 29.9 Å². The Hall–Kier alpha value is -2.03. The van der Waals surface area contributed by atoms with E-state index < -0.39 is 6.10 Å². The fraction of sp³-hybridized carbons (Fsp3) is 0.500. The van der Waals surface area contributed by atoms with Crippen LogP contribution in [0.1, 0.15) is 12.8 Å². The van der Waals surface area contributed by atoms with E-state index in [0.29, 0.717) is 30.2 Å². The molecule has 8 nitrogen and oxygen atoms in total. The van der Waals surface area contributed by atoms with Crippen LogP contribution in [0.2, 0.25) is 0 Å². The normalized spacial score (nSPS) is 18.8. The third kappa shape index (κ3) is 6.08. The van der Waals surface area contributed by atoms with Gasteiger partial charge in [-0.25, -0.2) is 0 Å². The summed E-state index contributed by atoms with van der Waals surface area (Å²) in [5, 5.41) is 5.25. The molecular formula is C16H24ClN3O5. The van der Waals surface area contributed by atoms with Gasteiger partial charge in [-0.3, -0.25) is 9.59 Å². The van der Waals surface area contributed by atoms with Crippen LogP contribution >= 0.6 is 12.4 Å². The van der Waals surface area contributed by atoms with Gasteiger partial charge in [0, 0.05) is 30.4 Å². The van der Waals surface area contributed by atoms with E-state index in [-0.39, 0.29) is 36.9 Å². The van der Waals surface area contributed by atoms with Crippen LogP contribution in [0.15, 0.2) is 18.2 Å². The predicted molar refractivity (Wildman–Crippen MR) is 95.4 cm³/mol. The van der Waals surface area contributed by atoms with Crippen LogP contribution in [0, 0.1) is 0 Å². The molecule has 0 radical (unpaired) electrons. The molecule has 0 aliphatic carbocycles. The number of anilines is 1. The Kier molecular flexibility index (Phi) is 8.47. The molecule has 0 aromatic heterocycles. The van der Waals surface area contributed by atoms with Crippen molar-refractivity contribution in [1.29, 1.82) is 0 Å². The number of methoxy groups -OCH3 is 2. The summed E-state index contributed by atoms with van der Waals surface area (Å²) in [4.78, 5) is 24.0.